The van der Waals surface area contributed by atoms with Crippen molar-refractivity contribution in [3.8, 4) is 0 Å². The van der Waals surface area contributed by atoms with Crippen LogP contribution < -0.4 is 5.32 Å². The fraction of sp³-hybridized carbons (Fsp3) is 0.455. The van der Waals surface area contributed by atoms with Crippen LogP contribution in [0.1, 0.15) is 24.8 Å². The van der Waals surface area contributed by atoms with E-state index in [1.54, 1.807) is 17.8 Å². The van der Waals surface area contributed by atoms with Gasteiger partial charge in [-0.2, -0.15) is 0 Å². The molecule has 15 heavy (non-hydrogen) atoms. The summed E-state index contributed by atoms with van der Waals surface area (Å²) < 4.78 is 25.7. The van der Waals surface area contributed by atoms with Crippen LogP contribution in [0.15, 0.2) is 18.2 Å². The smallest absolute Gasteiger partial charge is 0.159 e. The highest BCUT2D eigenvalue weighted by molar-refractivity contribution is 7.99. The van der Waals surface area contributed by atoms with Gasteiger partial charge in [0.25, 0.3) is 0 Å². The van der Waals surface area contributed by atoms with Crippen molar-refractivity contribution < 1.29 is 8.78 Å². The summed E-state index contributed by atoms with van der Waals surface area (Å²) in [5.74, 6) is -0.600. The second-order valence-electron chi connectivity index (χ2n) is 4.39. The van der Waals surface area contributed by atoms with Crippen LogP contribution in [0.4, 0.5) is 8.78 Å². The van der Waals surface area contributed by atoms with Gasteiger partial charge in [0.15, 0.2) is 11.6 Å². The van der Waals surface area contributed by atoms with E-state index >= 15 is 0 Å². The molecule has 1 fully saturated rings. The molecule has 1 aromatic rings. The average Bonchev–Trinajstić information content (AvgIpc) is 2.51. The molecule has 0 aromatic heterocycles. The Kier molecular flexibility index (Phi) is 2.73. The molecular weight excluding hydrogens is 216 g/mol. The molecule has 1 saturated heterocycles. The number of rotatable bonds is 1. The largest absolute Gasteiger partial charge is 0.296 e. The zero-order valence-corrected chi connectivity index (χ0v) is 9.50. The van der Waals surface area contributed by atoms with Crippen molar-refractivity contribution in [2.75, 3.05) is 5.75 Å². The van der Waals surface area contributed by atoms with Crippen LogP contribution >= 0.6 is 11.8 Å². The van der Waals surface area contributed by atoms with E-state index in [1.807, 2.05) is 0 Å². The molecule has 1 unspecified atom stereocenters. The van der Waals surface area contributed by atoms with E-state index in [9.17, 15) is 8.78 Å². The molecule has 1 atom stereocenters. The zero-order chi connectivity index (χ0) is 11.1. The van der Waals surface area contributed by atoms with Gasteiger partial charge in [-0.1, -0.05) is 6.07 Å². The first-order valence-corrected chi connectivity index (χ1v) is 5.87. The minimum Gasteiger partial charge on any atom is -0.296 e. The van der Waals surface area contributed by atoms with Crippen LogP contribution in [0.5, 0.6) is 0 Å². The molecule has 1 aromatic carbocycles. The van der Waals surface area contributed by atoms with Gasteiger partial charge in [-0.3, -0.25) is 5.32 Å². The van der Waals surface area contributed by atoms with Gasteiger partial charge in [0.2, 0.25) is 0 Å². The number of benzene rings is 1. The lowest BCUT2D eigenvalue weighted by molar-refractivity contribution is 0.449. The Balaban J connectivity index is 2.21. The van der Waals surface area contributed by atoms with Crippen molar-refractivity contribution in [1.29, 1.82) is 0 Å². The first kappa shape index (κ1) is 10.9. The molecule has 1 N–H and O–H groups in total. The second kappa shape index (κ2) is 3.76. The molecule has 82 valence electrons. The third kappa shape index (κ3) is 2.32. The fourth-order valence-corrected chi connectivity index (χ4v) is 2.99. The molecule has 0 spiro atoms. The summed E-state index contributed by atoms with van der Waals surface area (Å²) in [7, 11) is 0. The topological polar surface area (TPSA) is 12.0 Å². The Morgan fingerprint density at radius 2 is 2.07 bits per heavy atom. The van der Waals surface area contributed by atoms with Gasteiger partial charge in [0.1, 0.15) is 0 Å². The van der Waals surface area contributed by atoms with Crippen LogP contribution in [0.3, 0.4) is 0 Å². The number of halogens is 2. The minimum absolute atomic E-state index is 0.0557. The van der Waals surface area contributed by atoms with Gasteiger partial charge in [-0.15, -0.1) is 11.8 Å². The molecule has 1 aliphatic heterocycles. The Hall–Kier alpha value is -0.610. The van der Waals surface area contributed by atoms with Crippen molar-refractivity contribution in [2.45, 2.75) is 24.8 Å². The van der Waals surface area contributed by atoms with E-state index in [0.717, 1.165) is 11.3 Å². The quantitative estimate of drug-likeness (QED) is 0.794. The lowest BCUT2D eigenvalue weighted by atomic mass is 10.1. The highest BCUT2D eigenvalue weighted by Crippen LogP contribution is 2.37. The Morgan fingerprint density at radius 3 is 2.60 bits per heavy atom. The van der Waals surface area contributed by atoms with Gasteiger partial charge >= 0.3 is 0 Å². The van der Waals surface area contributed by atoms with Crippen molar-refractivity contribution >= 4 is 11.8 Å². The predicted molar refractivity (Wildman–Crippen MR) is 58.8 cm³/mol. The van der Waals surface area contributed by atoms with Gasteiger partial charge in [0, 0.05) is 11.3 Å². The maximum Gasteiger partial charge on any atom is 0.159 e. The maximum absolute atomic E-state index is 13.0. The van der Waals surface area contributed by atoms with Gasteiger partial charge in [0.05, 0.1) is 5.37 Å². The zero-order valence-electron chi connectivity index (χ0n) is 8.68. The number of nitrogens with one attached hydrogen (secondary N) is 1. The van der Waals surface area contributed by atoms with E-state index in [0.29, 0.717) is 0 Å². The molecule has 0 saturated carbocycles. The number of hydrogen-bond donors (Lipinski definition) is 1. The molecule has 2 rings (SSSR count). The summed E-state index contributed by atoms with van der Waals surface area (Å²) in [4.78, 5) is 0. The summed E-state index contributed by atoms with van der Waals surface area (Å²) in [6.07, 6.45) is 0. The molecular formula is C11H13F2NS. The monoisotopic (exact) mass is 229 g/mol. The third-order valence-electron chi connectivity index (χ3n) is 2.38. The standard InChI is InChI=1S/C11H13F2NS/c1-11(2)6-15-10(14-11)7-3-4-8(12)9(13)5-7/h3-5,10,14H,6H2,1-2H3. The summed E-state index contributed by atoms with van der Waals surface area (Å²) in [5.41, 5.74) is 0.852. The lowest BCUT2D eigenvalue weighted by Crippen LogP contribution is -2.35. The SMILES string of the molecule is CC1(C)CSC(c2ccc(F)c(F)c2)N1. The van der Waals surface area contributed by atoms with Crippen molar-refractivity contribution in [1.82, 2.24) is 5.32 Å². The highest BCUT2D eigenvalue weighted by atomic mass is 32.2. The van der Waals surface area contributed by atoms with E-state index < -0.39 is 11.6 Å². The number of hydrogen-bond acceptors (Lipinski definition) is 2. The third-order valence-corrected chi connectivity index (χ3v) is 3.99. The van der Waals surface area contributed by atoms with Crippen LogP contribution in [-0.4, -0.2) is 11.3 Å². The van der Waals surface area contributed by atoms with E-state index in [2.05, 4.69) is 19.2 Å². The summed E-state index contributed by atoms with van der Waals surface area (Å²) in [6.45, 7) is 4.19. The van der Waals surface area contributed by atoms with Crippen LogP contribution in [-0.2, 0) is 0 Å². The Morgan fingerprint density at radius 1 is 1.33 bits per heavy atom. The highest BCUT2D eigenvalue weighted by Gasteiger charge is 2.31. The van der Waals surface area contributed by atoms with Gasteiger partial charge in [-0.05, 0) is 31.5 Å². The lowest BCUT2D eigenvalue weighted by Gasteiger charge is -2.19. The summed E-state index contributed by atoms with van der Waals surface area (Å²) >= 11 is 1.72. The van der Waals surface area contributed by atoms with E-state index in [-0.39, 0.29) is 10.9 Å². The molecule has 1 nitrogen and oxygen atoms in total. The fourth-order valence-electron chi connectivity index (χ4n) is 1.58. The van der Waals surface area contributed by atoms with Crippen LogP contribution in [0.25, 0.3) is 0 Å². The second-order valence-corrected chi connectivity index (χ2v) is 5.49. The van der Waals surface area contributed by atoms with E-state index in [1.165, 1.54) is 12.1 Å². The van der Waals surface area contributed by atoms with Gasteiger partial charge in [-0.25, -0.2) is 8.78 Å². The van der Waals surface area contributed by atoms with Crippen molar-refractivity contribution in [3.63, 3.8) is 0 Å². The summed E-state index contributed by atoms with van der Waals surface area (Å²) in [6, 6.07) is 4.07. The Labute approximate surface area is 92.3 Å². The van der Waals surface area contributed by atoms with Crippen molar-refractivity contribution in [2.24, 2.45) is 0 Å². The Bertz CT molecular complexity index is 379. The molecule has 0 amide bonds. The maximum atomic E-state index is 13.0. The summed E-state index contributed by atoms with van der Waals surface area (Å²) in [5, 5.41) is 3.43. The van der Waals surface area contributed by atoms with Crippen LogP contribution in [0, 0.1) is 11.6 Å². The molecule has 0 radical (unpaired) electrons. The predicted octanol–water partition coefficient (Wildman–Crippen LogP) is 3.08. The van der Waals surface area contributed by atoms with Gasteiger partial charge < -0.3 is 0 Å². The first-order valence-electron chi connectivity index (χ1n) is 4.82. The first-order chi connectivity index (χ1) is 6.98. The van der Waals surface area contributed by atoms with E-state index in [4.69, 9.17) is 0 Å². The van der Waals surface area contributed by atoms with Crippen LogP contribution in [0.2, 0.25) is 0 Å². The average molecular weight is 229 g/mol. The molecule has 4 heteroatoms. The molecule has 0 aliphatic carbocycles. The van der Waals surface area contributed by atoms with Crippen molar-refractivity contribution in [3.05, 3.63) is 35.4 Å². The molecule has 0 bridgehead atoms. The molecule has 1 aliphatic rings. The minimum atomic E-state index is -0.791. The number of thioether (sulfide) groups is 1. The molecule has 1 heterocycles. The normalized spacial score (nSPS) is 24.4.